The first kappa shape index (κ1) is 14.4. The van der Waals surface area contributed by atoms with Crippen molar-refractivity contribution >= 4 is 27.7 Å². The van der Waals surface area contributed by atoms with Gasteiger partial charge in [0.25, 0.3) is 0 Å². The molecule has 0 amide bonds. The number of benzene rings is 1. The fourth-order valence-corrected chi connectivity index (χ4v) is 4.88. The number of hydrogen-bond acceptors (Lipinski definition) is 2. The molecule has 1 aliphatic rings. The molecule has 18 heavy (non-hydrogen) atoms. The van der Waals surface area contributed by atoms with Gasteiger partial charge < -0.3 is 5.11 Å². The van der Waals surface area contributed by atoms with Gasteiger partial charge in [0.05, 0.1) is 5.60 Å². The van der Waals surface area contributed by atoms with Crippen molar-refractivity contribution in [2.45, 2.75) is 56.8 Å². The fraction of sp³-hybridized carbons (Fsp3) is 0.600. The van der Waals surface area contributed by atoms with Crippen LogP contribution in [0.4, 0.5) is 0 Å². The van der Waals surface area contributed by atoms with Gasteiger partial charge in [-0.1, -0.05) is 22.9 Å². The summed E-state index contributed by atoms with van der Waals surface area (Å²) >= 11 is 5.52. The van der Waals surface area contributed by atoms with E-state index in [2.05, 4.69) is 56.6 Å². The van der Waals surface area contributed by atoms with Gasteiger partial charge in [-0.25, -0.2) is 0 Å². The molecule has 0 bridgehead atoms. The Morgan fingerprint density at radius 1 is 1.28 bits per heavy atom. The van der Waals surface area contributed by atoms with Crippen LogP contribution in [0.5, 0.6) is 0 Å². The van der Waals surface area contributed by atoms with Gasteiger partial charge in [-0.15, -0.1) is 11.8 Å². The second kappa shape index (κ2) is 4.26. The first-order valence-electron chi connectivity index (χ1n) is 6.30. The summed E-state index contributed by atoms with van der Waals surface area (Å²) in [5.41, 5.74) is 2.73. The summed E-state index contributed by atoms with van der Waals surface area (Å²) in [4.78, 5) is 1.22. The minimum absolute atomic E-state index is 0.0449. The predicted octanol–water partition coefficient (Wildman–Crippen LogP) is 4.79. The van der Waals surface area contributed by atoms with Crippen LogP contribution in [0.3, 0.4) is 0 Å². The molecule has 100 valence electrons. The van der Waals surface area contributed by atoms with Gasteiger partial charge in [0.2, 0.25) is 0 Å². The Morgan fingerprint density at radius 3 is 2.39 bits per heavy atom. The molecule has 2 rings (SSSR count). The van der Waals surface area contributed by atoms with Crippen LogP contribution in [-0.4, -0.2) is 9.85 Å². The van der Waals surface area contributed by atoms with E-state index in [0.29, 0.717) is 0 Å². The van der Waals surface area contributed by atoms with Crippen LogP contribution in [0.1, 0.15) is 44.4 Å². The molecule has 1 nitrogen and oxygen atoms in total. The van der Waals surface area contributed by atoms with E-state index in [4.69, 9.17) is 0 Å². The molecule has 0 saturated carbocycles. The first-order chi connectivity index (χ1) is 8.09. The molecule has 0 fully saturated rings. The highest BCUT2D eigenvalue weighted by molar-refractivity contribution is 9.10. The predicted molar refractivity (Wildman–Crippen MR) is 82.3 cm³/mol. The summed E-state index contributed by atoms with van der Waals surface area (Å²) in [5, 5.41) is 11.0. The van der Waals surface area contributed by atoms with Gasteiger partial charge in [-0.2, -0.15) is 0 Å². The third-order valence-electron chi connectivity index (χ3n) is 4.41. The van der Waals surface area contributed by atoms with E-state index < -0.39 is 5.60 Å². The Hall–Kier alpha value is 0.01000. The molecule has 0 aromatic heterocycles. The van der Waals surface area contributed by atoms with Crippen LogP contribution in [0, 0.1) is 19.8 Å². The lowest BCUT2D eigenvalue weighted by Gasteiger charge is -2.47. The quantitative estimate of drug-likeness (QED) is 0.738. The summed E-state index contributed by atoms with van der Waals surface area (Å²) in [6, 6.07) is 2.19. The molecule has 0 saturated heterocycles. The van der Waals surface area contributed by atoms with Crippen LogP contribution >= 0.6 is 27.7 Å². The van der Waals surface area contributed by atoms with Crippen molar-refractivity contribution < 1.29 is 5.11 Å². The normalized spacial score (nSPS) is 30.1. The number of fused-ring (bicyclic) bond motifs is 1. The van der Waals surface area contributed by atoms with Gasteiger partial charge in [0.1, 0.15) is 0 Å². The molecule has 1 aromatic rings. The molecule has 2 atom stereocenters. The fourth-order valence-electron chi connectivity index (χ4n) is 2.90. The molecule has 0 radical (unpaired) electrons. The highest BCUT2D eigenvalue weighted by Crippen LogP contribution is 2.55. The van der Waals surface area contributed by atoms with E-state index in [-0.39, 0.29) is 10.7 Å². The SMILES string of the molecule is Cc1cc2c(c(C)c1Br)C(C)(O)C(C)C(C)(C)S2. The summed E-state index contributed by atoms with van der Waals surface area (Å²) in [6.45, 7) is 12.7. The largest absolute Gasteiger partial charge is 0.385 e. The van der Waals surface area contributed by atoms with Crippen molar-refractivity contribution in [3.8, 4) is 0 Å². The Kier molecular flexibility index (Phi) is 3.41. The Bertz CT molecular complexity index is 506. The average Bonchev–Trinajstić information content (AvgIpc) is 2.22. The van der Waals surface area contributed by atoms with Crippen molar-refractivity contribution in [2.24, 2.45) is 5.92 Å². The second-order valence-electron chi connectivity index (χ2n) is 6.08. The molecule has 2 unspecified atom stereocenters. The maximum Gasteiger partial charge on any atom is 0.0920 e. The number of rotatable bonds is 0. The molecule has 1 N–H and O–H groups in total. The zero-order chi connectivity index (χ0) is 13.9. The van der Waals surface area contributed by atoms with Gasteiger partial charge in [-0.05, 0) is 51.8 Å². The first-order valence-corrected chi connectivity index (χ1v) is 7.91. The minimum Gasteiger partial charge on any atom is -0.385 e. The lowest BCUT2D eigenvalue weighted by molar-refractivity contribution is -0.0165. The number of aliphatic hydroxyl groups is 1. The Morgan fingerprint density at radius 2 is 1.83 bits per heavy atom. The number of halogens is 1. The van der Waals surface area contributed by atoms with Crippen LogP contribution in [0.2, 0.25) is 0 Å². The summed E-state index contributed by atoms with van der Waals surface area (Å²) in [6.07, 6.45) is 0. The van der Waals surface area contributed by atoms with Crippen LogP contribution in [-0.2, 0) is 5.60 Å². The van der Waals surface area contributed by atoms with Crippen LogP contribution in [0.15, 0.2) is 15.4 Å². The molecule has 1 aliphatic heterocycles. The zero-order valence-electron chi connectivity index (χ0n) is 11.9. The molecule has 0 spiro atoms. The monoisotopic (exact) mass is 328 g/mol. The molecule has 3 heteroatoms. The Labute approximate surface area is 122 Å². The zero-order valence-corrected chi connectivity index (χ0v) is 14.3. The van der Waals surface area contributed by atoms with E-state index in [1.54, 1.807) is 0 Å². The summed E-state index contributed by atoms with van der Waals surface area (Å²) < 4.78 is 1.16. The van der Waals surface area contributed by atoms with E-state index >= 15 is 0 Å². The number of aryl methyl sites for hydroxylation is 1. The lowest BCUT2D eigenvalue weighted by Crippen LogP contribution is -2.45. The van der Waals surface area contributed by atoms with Crippen molar-refractivity contribution in [3.05, 3.63) is 27.2 Å². The van der Waals surface area contributed by atoms with Crippen LogP contribution < -0.4 is 0 Å². The number of thioether (sulfide) groups is 1. The van der Waals surface area contributed by atoms with Crippen molar-refractivity contribution in [1.29, 1.82) is 0 Å². The van der Waals surface area contributed by atoms with Crippen molar-refractivity contribution in [1.82, 2.24) is 0 Å². The van der Waals surface area contributed by atoms with Gasteiger partial charge in [-0.3, -0.25) is 0 Å². The summed E-state index contributed by atoms with van der Waals surface area (Å²) in [5.74, 6) is 0.204. The smallest absolute Gasteiger partial charge is 0.0920 e. The maximum absolute atomic E-state index is 11.0. The van der Waals surface area contributed by atoms with Gasteiger partial charge >= 0.3 is 0 Å². The van der Waals surface area contributed by atoms with E-state index in [1.807, 2.05) is 18.7 Å². The molecular weight excluding hydrogens is 308 g/mol. The maximum atomic E-state index is 11.0. The summed E-state index contributed by atoms with van der Waals surface area (Å²) in [7, 11) is 0. The van der Waals surface area contributed by atoms with E-state index in [0.717, 1.165) is 10.0 Å². The van der Waals surface area contributed by atoms with Gasteiger partial charge in [0.15, 0.2) is 0 Å². The topological polar surface area (TPSA) is 20.2 Å². The highest BCUT2D eigenvalue weighted by Gasteiger charge is 2.47. The third-order valence-corrected chi connectivity index (χ3v) is 7.05. The van der Waals surface area contributed by atoms with E-state index in [1.165, 1.54) is 16.0 Å². The molecule has 1 heterocycles. The standard InChI is InChI=1S/C15H21BrOS/c1-8-7-11-12(9(2)13(8)16)15(6,17)10(3)14(4,5)18-11/h7,10,17H,1-6H3. The molecule has 0 aliphatic carbocycles. The van der Waals surface area contributed by atoms with E-state index in [9.17, 15) is 5.11 Å². The van der Waals surface area contributed by atoms with Crippen LogP contribution in [0.25, 0.3) is 0 Å². The van der Waals surface area contributed by atoms with Crippen molar-refractivity contribution in [2.75, 3.05) is 0 Å². The third kappa shape index (κ3) is 1.95. The highest BCUT2D eigenvalue weighted by atomic mass is 79.9. The molecule has 1 aromatic carbocycles. The average molecular weight is 329 g/mol. The minimum atomic E-state index is -0.773. The Balaban J connectivity index is 2.76. The van der Waals surface area contributed by atoms with Crippen molar-refractivity contribution in [3.63, 3.8) is 0 Å². The number of hydrogen-bond donors (Lipinski definition) is 1. The second-order valence-corrected chi connectivity index (χ2v) is 8.57. The molecular formula is C15H21BrOS. The lowest BCUT2D eigenvalue weighted by atomic mass is 9.75. The van der Waals surface area contributed by atoms with Gasteiger partial charge in [0, 0.05) is 25.6 Å².